The summed E-state index contributed by atoms with van der Waals surface area (Å²) in [5.41, 5.74) is 0.419. The van der Waals surface area contributed by atoms with Crippen molar-refractivity contribution in [3.63, 3.8) is 0 Å². The second-order valence-electron chi connectivity index (χ2n) is 5.30. The van der Waals surface area contributed by atoms with Crippen LogP contribution in [0.15, 0.2) is 0 Å². The first-order valence-corrected chi connectivity index (χ1v) is 5.60. The lowest BCUT2D eigenvalue weighted by molar-refractivity contribution is 0.117. The van der Waals surface area contributed by atoms with E-state index in [1.807, 2.05) is 0 Å². The summed E-state index contributed by atoms with van der Waals surface area (Å²) in [5, 5.41) is 0. The van der Waals surface area contributed by atoms with E-state index < -0.39 is 0 Å². The molecule has 0 heterocycles. The summed E-state index contributed by atoms with van der Waals surface area (Å²) < 4.78 is 5.10. The Labute approximate surface area is 89.6 Å². The van der Waals surface area contributed by atoms with Crippen molar-refractivity contribution in [2.24, 2.45) is 5.41 Å². The standard InChI is InChI=1S/C12H27NO/c1-7-11(10-12(2,3)4)13(5)8-9-14-6/h11H,7-10H2,1-6H3/t11-/m1/s1. The lowest BCUT2D eigenvalue weighted by Gasteiger charge is -2.32. The molecule has 0 radical (unpaired) electrons. The van der Waals surface area contributed by atoms with Crippen molar-refractivity contribution in [1.29, 1.82) is 0 Å². The Bertz CT molecular complexity index is 140. The molecular weight excluding hydrogens is 174 g/mol. The van der Waals surface area contributed by atoms with Gasteiger partial charge in [-0.25, -0.2) is 0 Å². The minimum absolute atomic E-state index is 0.419. The number of methoxy groups -OCH3 is 1. The zero-order valence-electron chi connectivity index (χ0n) is 10.8. The molecule has 86 valence electrons. The van der Waals surface area contributed by atoms with Gasteiger partial charge in [0.1, 0.15) is 0 Å². The fourth-order valence-corrected chi connectivity index (χ4v) is 1.74. The smallest absolute Gasteiger partial charge is 0.0589 e. The van der Waals surface area contributed by atoms with E-state index in [2.05, 4.69) is 39.6 Å². The lowest BCUT2D eigenvalue weighted by Crippen LogP contribution is -2.36. The van der Waals surface area contributed by atoms with Gasteiger partial charge in [-0.1, -0.05) is 27.7 Å². The molecule has 0 fully saturated rings. The number of nitrogens with zero attached hydrogens (tertiary/aromatic N) is 1. The number of likely N-dealkylation sites (N-methyl/N-ethyl adjacent to an activating group) is 1. The molecule has 0 amide bonds. The third kappa shape index (κ3) is 6.39. The predicted octanol–water partition coefficient (Wildman–Crippen LogP) is 2.78. The molecule has 0 aromatic heterocycles. The Hall–Kier alpha value is -0.0800. The first-order chi connectivity index (χ1) is 6.40. The summed E-state index contributed by atoms with van der Waals surface area (Å²) in [7, 11) is 3.96. The summed E-state index contributed by atoms with van der Waals surface area (Å²) in [6, 6.07) is 0.685. The minimum atomic E-state index is 0.419. The van der Waals surface area contributed by atoms with E-state index in [4.69, 9.17) is 4.74 Å². The molecule has 0 N–H and O–H groups in total. The van der Waals surface area contributed by atoms with E-state index in [0.29, 0.717) is 11.5 Å². The number of hydrogen-bond donors (Lipinski definition) is 0. The molecule has 0 aliphatic carbocycles. The molecule has 1 atom stereocenters. The summed E-state index contributed by atoms with van der Waals surface area (Å²) in [6.45, 7) is 11.0. The molecule has 0 aromatic rings. The van der Waals surface area contributed by atoms with Gasteiger partial charge in [-0.3, -0.25) is 0 Å². The highest BCUT2D eigenvalue weighted by Gasteiger charge is 2.20. The molecule has 0 saturated carbocycles. The zero-order chi connectivity index (χ0) is 11.2. The number of hydrogen-bond acceptors (Lipinski definition) is 2. The van der Waals surface area contributed by atoms with Crippen LogP contribution in [0.25, 0.3) is 0 Å². The van der Waals surface area contributed by atoms with Gasteiger partial charge in [-0.2, -0.15) is 0 Å². The molecule has 0 unspecified atom stereocenters. The quantitative estimate of drug-likeness (QED) is 0.655. The molecule has 0 bridgehead atoms. The van der Waals surface area contributed by atoms with Gasteiger partial charge in [-0.15, -0.1) is 0 Å². The van der Waals surface area contributed by atoms with Crippen LogP contribution in [0.3, 0.4) is 0 Å². The van der Waals surface area contributed by atoms with E-state index in [9.17, 15) is 0 Å². The van der Waals surface area contributed by atoms with Gasteiger partial charge < -0.3 is 9.64 Å². The van der Waals surface area contributed by atoms with Gasteiger partial charge in [0.05, 0.1) is 6.61 Å². The molecule has 2 nitrogen and oxygen atoms in total. The number of rotatable bonds is 6. The molecule has 14 heavy (non-hydrogen) atoms. The van der Waals surface area contributed by atoms with Crippen LogP contribution in [0.2, 0.25) is 0 Å². The molecule has 0 rings (SSSR count). The van der Waals surface area contributed by atoms with Crippen molar-refractivity contribution in [3.05, 3.63) is 0 Å². The molecule has 0 aliphatic heterocycles. The topological polar surface area (TPSA) is 12.5 Å². The Kier molecular flexibility index (Phi) is 6.38. The van der Waals surface area contributed by atoms with Crippen molar-refractivity contribution < 1.29 is 4.74 Å². The average molecular weight is 201 g/mol. The van der Waals surface area contributed by atoms with Crippen molar-refractivity contribution in [1.82, 2.24) is 4.90 Å². The van der Waals surface area contributed by atoms with Crippen LogP contribution in [0, 0.1) is 5.41 Å². The largest absolute Gasteiger partial charge is 0.383 e. The fourth-order valence-electron chi connectivity index (χ4n) is 1.74. The minimum Gasteiger partial charge on any atom is -0.383 e. The molecule has 0 aromatic carbocycles. The first kappa shape index (κ1) is 13.9. The van der Waals surface area contributed by atoms with Crippen LogP contribution in [0.5, 0.6) is 0 Å². The van der Waals surface area contributed by atoms with Gasteiger partial charge in [0.25, 0.3) is 0 Å². The van der Waals surface area contributed by atoms with Crippen LogP contribution in [-0.2, 0) is 4.74 Å². The summed E-state index contributed by atoms with van der Waals surface area (Å²) in [6.07, 6.45) is 2.47. The molecular formula is C12H27NO. The highest BCUT2D eigenvalue weighted by Crippen LogP contribution is 2.24. The Morgan fingerprint density at radius 2 is 1.86 bits per heavy atom. The highest BCUT2D eigenvalue weighted by molar-refractivity contribution is 4.74. The van der Waals surface area contributed by atoms with Gasteiger partial charge >= 0.3 is 0 Å². The van der Waals surface area contributed by atoms with Crippen molar-refractivity contribution in [2.75, 3.05) is 27.3 Å². The van der Waals surface area contributed by atoms with Crippen LogP contribution < -0.4 is 0 Å². The van der Waals surface area contributed by atoms with Gasteiger partial charge in [-0.05, 0) is 25.3 Å². The predicted molar refractivity (Wildman–Crippen MR) is 62.7 cm³/mol. The summed E-state index contributed by atoms with van der Waals surface area (Å²) in [5.74, 6) is 0. The maximum Gasteiger partial charge on any atom is 0.0589 e. The SMILES string of the molecule is CC[C@H](CC(C)(C)C)N(C)CCOC. The third-order valence-corrected chi connectivity index (χ3v) is 2.59. The second kappa shape index (κ2) is 6.41. The van der Waals surface area contributed by atoms with E-state index in [1.165, 1.54) is 12.8 Å². The van der Waals surface area contributed by atoms with Gasteiger partial charge in [0, 0.05) is 19.7 Å². The van der Waals surface area contributed by atoms with Crippen molar-refractivity contribution in [2.45, 2.75) is 46.6 Å². The maximum absolute atomic E-state index is 5.10. The normalized spacial score (nSPS) is 14.8. The Morgan fingerprint density at radius 3 is 2.21 bits per heavy atom. The van der Waals surface area contributed by atoms with Crippen LogP contribution in [0.1, 0.15) is 40.5 Å². The zero-order valence-corrected chi connectivity index (χ0v) is 10.8. The third-order valence-electron chi connectivity index (χ3n) is 2.59. The Morgan fingerprint density at radius 1 is 1.29 bits per heavy atom. The lowest BCUT2D eigenvalue weighted by atomic mass is 9.86. The van der Waals surface area contributed by atoms with E-state index >= 15 is 0 Å². The summed E-state index contributed by atoms with van der Waals surface area (Å²) in [4.78, 5) is 2.41. The van der Waals surface area contributed by atoms with E-state index in [1.54, 1.807) is 7.11 Å². The average Bonchev–Trinajstić information content (AvgIpc) is 2.08. The van der Waals surface area contributed by atoms with Crippen LogP contribution >= 0.6 is 0 Å². The summed E-state index contributed by atoms with van der Waals surface area (Å²) >= 11 is 0. The maximum atomic E-state index is 5.10. The van der Waals surface area contributed by atoms with Crippen molar-refractivity contribution >= 4 is 0 Å². The van der Waals surface area contributed by atoms with Gasteiger partial charge in [0.15, 0.2) is 0 Å². The highest BCUT2D eigenvalue weighted by atomic mass is 16.5. The fraction of sp³-hybridized carbons (Fsp3) is 1.00. The van der Waals surface area contributed by atoms with Crippen molar-refractivity contribution in [3.8, 4) is 0 Å². The molecule has 0 saturated heterocycles. The second-order valence-corrected chi connectivity index (χ2v) is 5.30. The Balaban J connectivity index is 3.99. The van der Waals surface area contributed by atoms with E-state index in [0.717, 1.165) is 13.2 Å². The molecule has 0 aliphatic rings. The monoisotopic (exact) mass is 201 g/mol. The van der Waals surface area contributed by atoms with E-state index in [-0.39, 0.29) is 0 Å². The van der Waals surface area contributed by atoms with Gasteiger partial charge in [0.2, 0.25) is 0 Å². The van der Waals surface area contributed by atoms with Crippen LogP contribution in [-0.4, -0.2) is 38.3 Å². The molecule has 0 spiro atoms. The first-order valence-electron chi connectivity index (χ1n) is 5.60. The molecule has 2 heteroatoms. The van der Waals surface area contributed by atoms with Crippen LogP contribution in [0.4, 0.5) is 0 Å². The number of ether oxygens (including phenoxy) is 1.